The Bertz CT molecular complexity index is 203. The second kappa shape index (κ2) is 1.88. The van der Waals surface area contributed by atoms with Crippen LogP contribution in [0.1, 0.15) is 16.5 Å². The van der Waals surface area contributed by atoms with E-state index in [1.54, 1.807) is 12.2 Å². The lowest BCUT2D eigenvalue weighted by atomic mass is 10.1. The van der Waals surface area contributed by atoms with Gasteiger partial charge in [-0.2, -0.15) is 0 Å². The summed E-state index contributed by atoms with van der Waals surface area (Å²) in [5.74, 6) is 0. The molecular weight excluding hydrogens is 114 g/mol. The second-order valence-corrected chi connectivity index (χ2v) is 2.10. The molecule has 50 valence electrons. The zero-order valence-corrected chi connectivity index (χ0v) is 5.09. The van der Waals surface area contributed by atoms with Crippen molar-refractivity contribution >= 4 is 0 Å². The van der Waals surface area contributed by atoms with Gasteiger partial charge in [0.2, 0.25) is 0 Å². The van der Waals surface area contributed by atoms with Crippen LogP contribution in [0.15, 0.2) is 23.9 Å². The Morgan fingerprint density at radius 3 is 3.44 bits per heavy atom. The molecule has 1 unspecified atom stereocenters. The molecule has 1 heterocycles. The SMILES string of the molecule is [2H]CC1=CC=CC(O)(C[2H])N1. The summed E-state index contributed by atoms with van der Waals surface area (Å²) in [4.78, 5) is 0. The van der Waals surface area contributed by atoms with Gasteiger partial charge in [0.1, 0.15) is 0 Å². The zero-order chi connectivity index (χ0) is 8.32. The highest BCUT2D eigenvalue weighted by molar-refractivity contribution is 5.19. The van der Waals surface area contributed by atoms with E-state index in [4.69, 9.17) is 2.74 Å². The smallest absolute Gasteiger partial charge is 0.152 e. The van der Waals surface area contributed by atoms with Crippen molar-refractivity contribution in [1.29, 1.82) is 0 Å². The molecule has 0 radical (unpaired) electrons. The van der Waals surface area contributed by atoms with Gasteiger partial charge in [0.15, 0.2) is 5.72 Å². The number of aliphatic hydroxyl groups is 1. The molecule has 1 rings (SSSR count). The minimum atomic E-state index is -1.26. The van der Waals surface area contributed by atoms with Gasteiger partial charge in [0.05, 0.1) is 0 Å². The third-order valence-corrected chi connectivity index (χ3v) is 1.05. The lowest BCUT2D eigenvalue weighted by Gasteiger charge is -2.24. The first kappa shape index (κ1) is 4.12. The molecule has 0 aromatic rings. The molecule has 2 heteroatoms. The van der Waals surface area contributed by atoms with E-state index in [0.717, 1.165) is 0 Å². The Balaban J connectivity index is 2.68. The van der Waals surface area contributed by atoms with Gasteiger partial charge in [-0.05, 0) is 26.0 Å². The van der Waals surface area contributed by atoms with Crippen LogP contribution in [0, 0.1) is 0 Å². The summed E-state index contributed by atoms with van der Waals surface area (Å²) in [5.41, 5.74) is -0.618. The highest BCUT2D eigenvalue weighted by Gasteiger charge is 2.16. The van der Waals surface area contributed by atoms with Crippen molar-refractivity contribution in [3.8, 4) is 0 Å². The fourth-order valence-corrected chi connectivity index (χ4v) is 0.685. The first-order valence-corrected chi connectivity index (χ1v) is 2.67. The van der Waals surface area contributed by atoms with E-state index in [1.165, 1.54) is 6.08 Å². The summed E-state index contributed by atoms with van der Waals surface area (Å²) in [6.45, 7) is -0.0342. The summed E-state index contributed by atoms with van der Waals surface area (Å²) in [6, 6.07) is 0. The van der Waals surface area contributed by atoms with Crippen molar-refractivity contribution in [2.75, 3.05) is 0 Å². The molecule has 9 heavy (non-hydrogen) atoms. The van der Waals surface area contributed by atoms with Gasteiger partial charge < -0.3 is 10.4 Å². The maximum absolute atomic E-state index is 9.47. The number of allylic oxidation sites excluding steroid dienone is 3. The Morgan fingerprint density at radius 2 is 2.78 bits per heavy atom. The molecule has 0 aliphatic carbocycles. The Kier molecular flexibility index (Phi) is 0.861. The van der Waals surface area contributed by atoms with E-state index >= 15 is 0 Å². The molecule has 0 spiro atoms. The van der Waals surface area contributed by atoms with Crippen molar-refractivity contribution in [2.45, 2.75) is 19.5 Å². The van der Waals surface area contributed by atoms with E-state index in [0.29, 0.717) is 5.70 Å². The Labute approximate surface area is 57.7 Å². The standard InChI is InChI=1S/C7H11NO/c1-6-4-3-5-7(2,9)8-6/h3-5,8-9H,1-2H3/i1D,2D. The molecule has 0 fully saturated rings. The summed E-state index contributed by atoms with van der Waals surface area (Å²) in [7, 11) is 0. The van der Waals surface area contributed by atoms with Gasteiger partial charge in [-0.15, -0.1) is 0 Å². The lowest BCUT2D eigenvalue weighted by Crippen LogP contribution is -2.40. The van der Waals surface area contributed by atoms with Crippen molar-refractivity contribution in [2.24, 2.45) is 0 Å². The molecule has 0 aromatic carbocycles. The zero-order valence-electron chi connectivity index (χ0n) is 7.09. The number of nitrogens with one attached hydrogen (secondary N) is 1. The normalized spacial score (nSPS) is 36.3. The van der Waals surface area contributed by atoms with Gasteiger partial charge in [-0.25, -0.2) is 0 Å². The van der Waals surface area contributed by atoms with Crippen molar-refractivity contribution in [3.05, 3.63) is 23.9 Å². The molecule has 1 aliphatic rings. The van der Waals surface area contributed by atoms with Crippen LogP contribution in [0.5, 0.6) is 0 Å². The van der Waals surface area contributed by atoms with E-state index in [2.05, 4.69) is 5.32 Å². The van der Waals surface area contributed by atoms with Gasteiger partial charge in [0.25, 0.3) is 0 Å². The third-order valence-electron chi connectivity index (χ3n) is 1.05. The fourth-order valence-electron chi connectivity index (χ4n) is 0.685. The number of hydrogen-bond donors (Lipinski definition) is 2. The number of dihydropyridines is 1. The average Bonchev–Trinajstić information content (AvgIpc) is 2.05. The van der Waals surface area contributed by atoms with E-state index in [-0.39, 0.29) is 13.8 Å². The predicted octanol–water partition coefficient (Wildman–Crippen LogP) is 0.758. The topological polar surface area (TPSA) is 32.3 Å². The van der Waals surface area contributed by atoms with E-state index < -0.39 is 5.72 Å². The lowest BCUT2D eigenvalue weighted by molar-refractivity contribution is 0.0839. The molecule has 0 saturated carbocycles. The van der Waals surface area contributed by atoms with E-state index in [1.807, 2.05) is 0 Å². The van der Waals surface area contributed by atoms with Crippen LogP contribution in [-0.2, 0) is 0 Å². The minimum absolute atomic E-state index is 0.104. The molecule has 2 N–H and O–H groups in total. The minimum Gasteiger partial charge on any atom is -0.368 e. The molecule has 2 nitrogen and oxygen atoms in total. The molecule has 0 aromatic heterocycles. The summed E-state index contributed by atoms with van der Waals surface area (Å²) >= 11 is 0. The van der Waals surface area contributed by atoms with Crippen LogP contribution < -0.4 is 5.32 Å². The van der Waals surface area contributed by atoms with Crippen LogP contribution in [-0.4, -0.2) is 10.8 Å². The largest absolute Gasteiger partial charge is 0.368 e. The van der Waals surface area contributed by atoms with Crippen LogP contribution in [0.25, 0.3) is 0 Å². The number of rotatable bonds is 0. The van der Waals surface area contributed by atoms with Gasteiger partial charge in [0, 0.05) is 8.44 Å². The van der Waals surface area contributed by atoms with E-state index in [9.17, 15) is 5.11 Å². The maximum atomic E-state index is 9.47. The second-order valence-electron chi connectivity index (χ2n) is 2.10. The van der Waals surface area contributed by atoms with Crippen molar-refractivity contribution in [1.82, 2.24) is 5.32 Å². The number of hydrogen-bond acceptors (Lipinski definition) is 2. The highest BCUT2D eigenvalue weighted by Crippen LogP contribution is 2.08. The summed E-state index contributed by atoms with van der Waals surface area (Å²) < 4.78 is 14.0. The van der Waals surface area contributed by atoms with Crippen LogP contribution >= 0.6 is 0 Å². The average molecular weight is 127 g/mol. The third kappa shape index (κ3) is 1.57. The van der Waals surface area contributed by atoms with Crippen molar-refractivity contribution in [3.63, 3.8) is 0 Å². The quantitative estimate of drug-likeness (QED) is 0.503. The summed E-state index contributed by atoms with van der Waals surface area (Å²) in [5, 5.41) is 12.2. The molecule has 0 bridgehead atoms. The molecule has 0 amide bonds. The van der Waals surface area contributed by atoms with Crippen molar-refractivity contribution < 1.29 is 7.85 Å². The Morgan fingerprint density at radius 1 is 1.89 bits per heavy atom. The van der Waals surface area contributed by atoms with Crippen LogP contribution in [0.3, 0.4) is 0 Å². The molecule has 0 saturated heterocycles. The summed E-state index contributed by atoms with van der Waals surface area (Å²) in [6.07, 6.45) is 4.89. The Hall–Kier alpha value is -0.760. The van der Waals surface area contributed by atoms with Gasteiger partial charge in [-0.1, -0.05) is 6.08 Å². The first-order chi connectivity index (χ1) is 5.20. The maximum Gasteiger partial charge on any atom is 0.152 e. The predicted molar refractivity (Wildman–Crippen MR) is 36.7 cm³/mol. The molecule has 1 aliphatic heterocycles. The van der Waals surface area contributed by atoms with Gasteiger partial charge >= 0.3 is 0 Å². The van der Waals surface area contributed by atoms with Gasteiger partial charge in [-0.3, -0.25) is 0 Å². The van der Waals surface area contributed by atoms with Crippen LogP contribution in [0.4, 0.5) is 0 Å². The first-order valence-electron chi connectivity index (χ1n) is 4.09. The fraction of sp³-hybridized carbons (Fsp3) is 0.429. The van der Waals surface area contributed by atoms with Crippen LogP contribution in [0.2, 0.25) is 0 Å². The monoisotopic (exact) mass is 127 g/mol. The molecule has 1 atom stereocenters. The highest BCUT2D eigenvalue weighted by atomic mass is 16.3. The molecular formula is C7H11NO.